The number of para-hydroxylation sites is 1. The lowest BCUT2D eigenvalue weighted by Crippen LogP contribution is -3.14. The summed E-state index contributed by atoms with van der Waals surface area (Å²) in [7, 11) is 3.02. The van der Waals surface area contributed by atoms with Crippen LogP contribution in [-0.2, 0) is 14.3 Å². The number of ketones is 1. The quantitative estimate of drug-likeness (QED) is 0.269. The predicted octanol–water partition coefficient (Wildman–Crippen LogP) is -0.201. The smallest absolute Gasteiger partial charge is 0.295 e. The summed E-state index contributed by atoms with van der Waals surface area (Å²) in [5, 5.41) is 14.1. The molecule has 2 aromatic heterocycles. The van der Waals surface area contributed by atoms with Gasteiger partial charge in [-0.3, -0.25) is 9.59 Å². The van der Waals surface area contributed by atoms with E-state index in [9.17, 15) is 14.7 Å². The number of aromatic nitrogens is 2. The van der Waals surface area contributed by atoms with Crippen LogP contribution in [0.4, 0.5) is 0 Å². The van der Waals surface area contributed by atoms with Gasteiger partial charge in [0.2, 0.25) is 5.78 Å². The van der Waals surface area contributed by atoms with E-state index < -0.39 is 23.5 Å². The molecule has 0 spiro atoms. The first-order valence-electron chi connectivity index (χ1n) is 12.3. The molecule has 1 atom stereocenters. The van der Waals surface area contributed by atoms with Gasteiger partial charge in [-0.25, -0.2) is 4.98 Å². The number of hydrogen-bond acceptors (Lipinski definition) is 7. The van der Waals surface area contributed by atoms with Gasteiger partial charge in [0.15, 0.2) is 11.5 Å². The lowest BCUT2D eigenvalue weighted by atomic mass is 9.95. The van der Waals surface area contributed by atoms with Crippen molar-refractivity contribution < 1.29 is 33.8 Å². The van der Waals surface area contributed by atoms with E-state index in [1.807, 2.05) is 6.07 Å². The molecule has 10 nitrogen and oxygen atoms in total. The number of fused-ring (bicyclic) bond motifs is 1. The first kappa shape index (κ1) is 24.8. The minimum atomic E-state index is -0.924. The van der Waals surface area contributed by atoms with Crippen LogP contribution in [0.25, 0.3) is 11.4 Å². The van der Waals surface area contributed by atoms with Crippen LogP contribution >= 0.6 is 0 Å². The average Bonchev–Trinajstić information content (AvgIpc) is 3.39. The summed E-state index contributed by atoms with van der Waals surface area (Å²) < 4.78 is 18.3. The maximum atomic E-state index is 14.1. The average molecular weight is 507 g/mol. The molecular weight excluding hydrogens is 476 g/mol. The van der Waals surface area contributed by atoms with Crippen LogP contribution in [0.2, 0.25) is 0 Å². The number of likely N-dealkylation sites (tertiary alicyclic amines) is 1. The minimum absolute atomic E-state index is 0.109. The van der Waals surface area contributed by atoms with Crippen LogP contribution < -0.4 is 19.5 Å². The summed E-state index contributed by atoms with van der Waals surface area (Å²) >= 11 is 0. The molecule has 1 aromatic carbocycles. The highest BCUT2D eigenvalue weighted by Crippen LogP contribution is 2.45. The van der Waals surface area contributed by atoms with E-state index in [1.165, 1.54) is 24.0 Å². The van der Waals surface area contributed by atoms with Gasteiger partial charge in [-0.15, -0.1) is 0 Å². The van der Waals surface area contributed by atoms with Crippen molar-refractivity contribution in [2.24, 2.45) is 0 Å². The Kier molecular flexibility index (Phi) is 6.86. The van der Waals surface area contributed by atoms with Crippen molar-refractivity contribution in [1.82, 2.24) is 14.3 Å². The molecule has 2 aliphatic heterocycles. The predicted molar refractivity (Wildman–Crippen MR) is 132 cm³/mol. The molecule has 4 heterocycles. The van der Waals surface area contributed by atoms with Crippen molar-refractivity contribution in [3.8, 4) is 11.5 Å². The number of hydrogen-bond donors (Lipinski definition) is 1. The van der Waals surface area contributed by atoms with Crippen LogP contribution in [0, 0.1) is 6.92 Å². The number of aryl methyl sites for hydroxylation is 1. The molecule has 0 aliphatic carbocycles. The van der Waals surface area contributed by atoms with E-state index in [2.05, 4.69) is 4.98 Å². The molecule has 2 fully saturated rings. The Hall–Kier alpha value is -3.89. The Morgan fingerprint density at radius 2 is 1.92 bits per heavy atom. The molecule has 1 N–H and O–H groups in total. The highest BCUT2D eigenvalue weighted by atomic mass is 16.5. The number of methoxy groups -OCH3 is 2. The van der Waals surface area contributed by atoms with Crippen LogP contribution in [0.3, 0.4) is 0 Å². The van der Waals surface area contributed by atoms with Crippen molar-refractivity contribution in [2.45, 2.75) is 13.0 Å². The molecule has 2 aliphatic rings. The Morgan fingerprint density at radius 3 is 2.65 bits per heavy atom. The molecule has 2 saturated heterocycles. The summed E-state index contributed by atoms with van der Waals surface area (Å²) in [6.07, 6.45) is 1.73. The number of nitrogens with zero attached hydrogens (tertiary/aromatic N) is 3. The number of amides is 1. The fourth-order valence-electron chi connectivity index (χ4n) is 5.25. The molecular formula is C27H30N4O6. The molecule has 3 aromatic rings. The van der Waals surface area contributed by atoms with Gasteiger partial charge in [0.25, 0.3) is 5.91 Å². The largest absolute Gasteiger partial charge is 0.871 e. The summed E-state index contributed by atoms with van der Waals surface area (Å²) in [6.45, 7) is 5.59. The third kappa shape index (κ3) is 4.32. The zero-order chi connectivity index (χ0) is 26.1. The highest BCUT2D eigenvalue weighted by Gasteiger charge is 2.46. The third-order valence-corrected chi connectivity index (χ3v) is 7.08. The molecule has 1 amide bonds. The number of imidazole rings is 1. The maximum absolute atomic E-state index is 14.1. The van der Waals surface area contributed by atoms with Gasteiger partial charge < -0.3 is 33.5 Å². The molecule has 1 unspecified atom stereocenters. The number of Topliss-reactive ketones (excluding diaryl/α,β-unsaturated/α-hetero) is 1. The topological polar surface area (TPSA) is 110 Å². The van der Waals surface area contributed by atoms with Crippen molar-refractivity contribution in [3.05, 3.63) is 65.1 Å². The summed E-state index contributed by atoms with van der Waals surface area (Å²) in [5.41, 5.74) is 1.75. The number of nitrogens with one attached hydrogen (secondary N) is 1. The molecule has 10 heteroatoms. The molecule has 0 radical (unpaired) electrons. The fraction of sp³-hybridized carbons (Fsp3) is 0.370. The number of quaternary nitrogens is 1. The van der Waals surface area contributed by atoms with Crippen molar-refractivity contribution in [1.29, 1.82) is 0 Å². The van der Waals surface area contributed by atoms with E-state index in [1.54, 1.807) is 47.9 Å². The number of pyridine rings is 1. The van der Waals surface area contributed by atoms with Crippen molar-refractivity contribution in [2.75, 3.05) is 53.6 Å². The van der Waals surface area contributed by atoms with Crippen molar-refractivity contribution >= 4 is 23.1 Å². The first-order valence-corrected chi connectivity index (χ1v) is 12.3. The summed E-state index contributed by atoms with van der Waals surface area (Å²) in [4.78, 5) is 34.2. The third-order valence-electron chi connectivity index (χ3n) is 7.08. The van der Waals surface area contributed by atoms with Crippen LogP contribution in [-0.4, -0.2) is 79.6 Å². The lowest BCUT2D eigenvalue weighted by Gasteiger charge is -2.31. The second kappa shape index (κ2) is 10.2. The second-order valence-corrected chi connectivity index (χ2v) is 9.14. The monoisotopic (exact) mass is 506 g/mol. The van der Waals surface area contributed by atoms with Gasteiger partial charge in [-0.2, -0.15) is 0 Å². The molecule has 5 rings (SSSR count). The Balaban J connectivity index is 1.67. The van der Waals surface area contributed by atoms with Gasteiger partial charge in [0.05, 0.1) is 58.0 Å². The van der Waals surface area contributed by atoms with E-state index in [0.717, 1.165) is 13.1 Å². The fourth-order valence-corrected chi connectivity index (χ4v) is 5.25. The number of morpholine rings is 1. The summed E-state index contributed by atoms with van der Waals surface area (Å²) in [5.74, 6) is -1.20. The molecule has 37 heavy (non-hydrogen) atoms. The van der Waals surface area contributed by atoms with Gasteiger partial charge in [-0.1, -0.05) is 24.0 Å². The molecule has 194 valence electrons. The number of benzene rings is 1. The maximum Gasteiger partial charge on any atom is 0.295 e. The standard InChI is InChI=1S/C27H30N4O6/c1-17-22(30-10-5-4-9-20(30)28-17)24(32)21-23(18-7-6-8-19(35-2)26(18)36-3)31(27(34)25(21)33)12-11-29-13-15-37-16-14-29/h4-10,23,32H,11-16H2,1-3H3. The number of carbonyl (C=O) groups is 2. The van der Waals surface area contributed by atoms with E-state index in [-0.39, 0.29) is 11.3 Å². The Bertz CT molecular complexity index is 1370. The highest BCUT2D eigenvalue weighted by molar-refractivity contribution is 6.46. The van der Waals surface area contributed by atoms with Crippen LogP contribution in [0.1, 0.15) is 23.0 Å². The number of rotatable bonds is 7. The van der Waals surface area contributed by atoms with E-state index in [0.29, 0.717) is 54.7 Å². The Labute approximate surface area is 214 Å². The van der Waals surface area contributed by atoms with Crippen LogP contribution in [0.5, 0.6) is 11.5 Å². The summed E-state index contributed by atoms with van der Waals surface area (Å²) in [6, 6.07) is 9.74. The molecule has 0 bridgehead atoms. The van der Waals surface area contributed by atoms with Gasteiger partial charge in [0.1, 0.15) is 18.7 Å². The van der Waals surface area contributed by atoms with Crippen molar-refractivity contribution in [3.63, 3.8) is 0 Å². The SMILES string of the molecule is COc1cccc(C2C(=C([O-])c3c(C)nc4ccccn34)C(=O)C(=O)N2CC[NH+]2CCOCC2)c1OC. The normalized spacial score (nSPS) is 20.1. The van der Waals surface area contributed by atoms with Gasteiger partial charge in [0, 0.05) is 17.3 Å². The van der Waals surface area contributed by atoms with E-state index in [4.69, 9.17) is 14.2 Å². The zero-order valence-corrected chi connectivity index (χ0v) is 21.2. The second-order valence-electron chi connectivity index (χ2n) is 9.14. The van der Waals surface area contributed by atoms with Gasteiger partial charge in [-0.05, 0) is 25.1 Å². The Morgan fingerprint density at radius 1 is 1.14 bits per heavy atom. The zero-order valence-electron chi connectivity index (χ0n) is 21.2. The van der Waals surface area contributed by atoms with Gasteiger partial charge >= 0.3 is 0 Å². The minimum Gasteiger partial charge on any atom is -0.871 e. The van der Waals surface area contributed by atoms with Crippen LogP contribution in [0.15, 0.2) is 48.2 Å². The molecule has 0 saturated carbocycles. The first-order chi connectivity index (χ1) is 18.0. The number of carbonyl (C=O) groups excluding carboxylic acids is 2. The number of ether oxygens (including phenoxy) is 3. The van der Waals surface area contributed by atoms with E-state index >= 15 is 0 Å². The lowest BCUT2D eigenvalue weighted by molar-refractivity contribution is -0.907.